The number of nitriles is 1. The molecule has 5 aromatic carbocycles. The van der Waals surface area contributed by atoms with Gasteiger partial charge >= 0.3 is 0 Å². The minimum atomic E-state index is -4.23. The van der Waals surface area contributed by atoms with Crippen LogP contribution >= 0.6 is 0 Å². The van der Waals surface area contributed by atoms with E-state index in [0.717, 1.165) is 22.3 Å². The molecule has 0 aliphatic rings. The van der Waals surface area contributed by atoms with Gasteiger partial charge in [0.25, 0.3) is 10.0 Å². The minimum absolute atomic E-state index is 0.0155. The number of benzene rings is 5. The van der Waals surface area contributed by atoms with Gasteiger partial charge in [-0.1, -0.05) is 66.2 Å². The SMILES string of the molecule is COc1ccc(-c2cccc(C)c2)cc1S(=O)(=O)N(Cc1nncn1Cc1ccc(C#N)cc1)c1ccc(Oc2ccccc2)cc1. The molecule has 9 nitrogen and oxygen atoms in total. The molecule has 0 amide bonds. The molecule has 0 radical (unpaired) electrons. The van der Waals surface area contributed by atoms with Gasteiger partial charge in [-0.05, 0) is 84.3 Å². The largest absolute Gasteiger partial charge is 0.495 e. The first-order valence-electron chi connectivity index (χ1n) is 14.8. The Balaban J connectivity index is 1.40. The zero-order chi connectivity index (χ0) is 32.8. The van der Waals surface area contributed by atoms with Crippen molar-refractivity contribution >= 4 is 15.7 Å². The number of para-hydroxylation sites is 1. The van der Waals surface area contributed by atoms with Gasteiger partial charge in [0.1, 0.15) is 28.5 Å². The fraction of sp³-hybridized carbons (Fsp3) is 0.108. The van der Waals surface area contributed by atoms with Crippen LogP contribution in [0.3, 0.4) is 0 Å². The highest BCUT2D eigenvalue weighted by Gasteiger charge is 2.30. The summed E-state index contributed by atoms with van der Waals surface area (Å²) < 4.78 is 44.1. The minimum Gasteiger partial charge on any atom is -0.495 e. The van der Waals surface area contributed by atoms with Gasteiger partial charge in [0.2, 0.25) is 0 Å². The normalized spacial score (nSPS) is 11.1. The third-order valence-corrected chi connectivity index (χ3v) is 9.40. The number of sulfonamides is 1. The molecule has 6 rings (SSSR count). The first kappa shape index (κ1) is 31.1. The molecule has 0 aliphatic carbocycles. The summed E-state index contributed by atoms with van der Waals surface area (Å²) in [7, 11) is -2.78. The van der Waals surface area contributed by atoms with Crippen molar-refractivity contribution in [3.63, 3.8) is 0 Å². The van der Waals surface area contributed by atoms with Crippen LogP contribution in [0.4, 0.5) is 5.69 Å². The summed E-state index contributed by atoms with van der Waals surface area (Å²) in [5, 5.41) is 17.6. The molecule has 0 spiro atoms. The van der Waals surface area contributed by atoms with Crippen LogP contribution in [0.2, 0.25) is 0 Å². The fourth-order valence-electron chi connectivity index (χ4n) is 5.16. The van der Waals surface area contributed by atoms with Crippen molar-refractivity contribution in [1.82, 2.24) is 14.8 Å². The fourth-order valence-corrected chi connectivity index (χ4v) is 6.77. The van der Waals surface area contributed by atoms with Gasteiger partial charge < -0.3 is 14.0 Å². The highest BCUT2D eigenvalue weighted by molar-refractivity contribution is 7.93. The molecule has 0 saturated carbocycles. The second-order valence-corrected chi connectivity index (χ2v) is 12.7. The van der Waals surface area contributed by atoms with E-state index in [2.05, 4.69) is 16.3 Å². The number of nitrogens with zero attached hydrogens (tertiary/aromatic N) is 5. The topological polar surface area (TPSA) is 110 Å². The molecule has 0 bridgehead atoms. The van der Waals surface area contributed by atoms with Gasteiger partial charge in [-0.15, -0.1) is 10.2 Å². The highest BCUT2D eigenvalue weighted by Crippen LogP contribution is 2.36. The number of aryl methyl sites for hydroxylation is 1. The summed E-state index contributed by atoms with van der Waals surface area (Å²) in [6.07, 6.45) is 1.56. The lowest BCUT2D eigenvalue weighted by Crippen LogP contribution is -2.32. The smallest absolute Gasteiger partial charge is 0.268 e. The van der Waals surface area contributed by atoms with Crippen LogP contribution in [0.1, 0.15) is 22.5 Å². The van der Waals surface area contributed by atoms with Crippen molar-refractivity contribution in [3.05, 3.63) is 150 Å². The second-order valence-electron chi connectivity index (χ2n) is 10.8. The summed E-state index contributed by atoms with van der Waals surface area (Å²) in [4.78, 5) is 0.0155. The van der Waals surface area contributed by atoms with Gasteiger partial charge in [0, 0.05) is 0 Å². The predicted octanol–water partition coefficient (Wildman–Crippen LogP) is 7.37. The molecule has 0 N–H and O–H groups in total. The Morgan fingerprint density at radius 2 is 1.55 bits per heavy atom. The Labute approximate surface area is 274 Å². The van der Waals surface area contributed by atoms with Crippen LogP contribution in [0.5, 0.6) is 17.2 Å². The third kappa shape index (κ3) is 7.01. The monoisotopic (exact) mass is 641 g/mol. The van der Waals surface area contributed by atoms with E-state index in [-0.39, 0.29) is 17.2 Å². The Bertz CT molecular complexity index is 2140. The number of methoxy groups -OCH3 is 1. The van der Waals surface area contributed by atoms with Crippen LogP contribution in [-0.4, -0.2) is 30.3 Å². The van der Waals surface area contributed by atoms with E-state index < -0.39 is 10.0 Å². The van der Waals surface area contributed by atoms with Gasteiger partial charge in [0.15, 0.2) is 5.82 Å². The van der Waals surface area contributed by atoms with Crippen molar-refractivity contribution in [2.45, 2.75) is 24.9 Å². The maximum Gasteiger partial charge on any atom is 0.268 e. The van der Waals surface area contributed by atoms with E-state index >= 15 is 0 Å². The van der Waals surface area contributed by atoms with E-state index in [1.165, 1.54) is 11.4 Å². The molecular weight excluding hydrogens is 611 g/mol. The maximum atomic E-state index is 14.7. The van der Waals surface area contributed by atoms with Crippen LogP contribution in [0.15, 0.2) is 133 Å². The van der Waals surface area contributed by atoms with Crippen LogP contribution in [-0.2, 0) is 23.1 Å². The van der Waals surface area contributed by atoms with Crippen molar-refractivity contribution < 1.29 is 17.9 Å². The van der Waals surface area contributed by atoms with E-state index in [1.807, 2.05) is 79.7 Å². The lowest BCUT2D eigenvalue weighted by atomic mass is 10.0. The van der Waals surface area contributed by atoms with Crippen molar-refractivity contribution in [2.24, 2.45) is 0 Å². The standard InChI is InChI=1S/C37H31N5O4S/c1-27-7-6-8-30(21-27)31-15-20-35(45-2)36(22-31)47(43,44)42(32-16-18-34(19-17-32)46-33-9-4-3-5-10-33)25-37-40-39-26-41(37)24-29-13-11-28(23-38)12-14-29/h3-22,26H,24-25H2,1-2H3. The maximum absolute atomic E-state index is 14.7. The second kappa shape index (κ2) is 13.6. The van der Waals surface area contributed by atoms with Crippen LogP contribution in [0.25, 0.3) is 11.1 Å². The van der Waals surface area contributed by atoms with E-state index in [0.29, 0.717) is 35.1 Å². The molecule has 234 valence electrons. The Kier molecular flexibility index (Phi) is 9.00. The molecule has 1 aromatic heterocycles. The van der Waals surface area contributed by atoms with Gasteiger partial charge in [-0.2, -0.15) is 5.26 Å². The number of ether oxygens (including phenoxy) is 2. The highest BCUT2D eigenvalue weighted by atomic mass is 32.2. The molecular formula is C37H31N5O4S. The summed E-state index contributed by atoms with van der Waals surface area (Å²) in [6, 6.07) is 38.6. The molecule has 0 saturated heterocycles. The molecule has 0 unspecified atom stereocenters. The predicted molar refractivity (Wildman–Crippen MR) is 180 cm³/mol. The van der Waals surface area contributed by atoms with E-state index in [1.54, 1.807) is 59.4 Å². The van der Waals surface area contributed by atoms with Crippen LogP contribution < -0.4 is 13.8 Å². The average Bonchev–Trinajstić information content (AvgIpc) is 3.54. The van der Waals surface area contributed by atoms with Crippen molar-refractivity contribution in [3.8, 4) is 34.4 Å². The lowest BCUT2D eigenvalue weighted by Gasteiger charge is -2.26. The molecule has 47 heavy (non-hydrogen) atoms. The molecule has 0 fully saturated rings. The molecule has 6 aromatic rings. The first-order valence-corrected chi connectivity index (χ1v) is 16.2. The third-order valence-electron chi connectivity index (χ3n) is 7.60. The summed E-state index contributed by atoms with van der Waals surface area (Å²) in [5.74, 6) is 1.87. The number of anilines is 1. The van der Waals surface area contributed by atoms with E-state index in [9.17, 15) is 13.7 Å². The summed E-state index contributed by atoms with van der Waals surface area (Å²) in [6.45, 7) is 2.26. The Hall–Kier alpha value is -5.92. The number of hydrogen-bond acceptors (Lipinski definition) is 7. The zero-order valence-electron chi connectivity index (χ0n) is 25.8. The van der Waals surface area contributed by atoms with Gasteiger partial charge in [-0.25, -0.2) is 8.42 Å². The zero-order valence-corrected chi connectivity index (χ0v) is 26.6. The number of rotatable bonds is 11. The Morgan fingerprint density at radius 3 is 2.26 bits per heavy atom. The number of hydrogen-bond donors (Lipinski definition) is 0. The number of aromatic nitrogens is 3. The van der Waals surface area contributed by atoms with Gasteiger partial charge in [-0.3, -0.25) is 4.31 Å². The quantitative estimate of drug-likeness (QED) is 0.145. The average molecular weight is 642 g/mol. The lowest BCUT2D eigenvalue weighted by molar-refractivity contribution is 0.402. The summed E-state index contributed by atoms with van der Waals surface area (Å²) in [5.41, 5.74) is 4.56. The Morgan fingerprint density at radius 1 is 0.830 bits per heavy atom. The summed E-state index contributed by atoms with van der Waals surface area (Å²) >= 11 is 0. The van der Waals surface area contributed by atoms with Crippen molar-refractivity contribution in [1.29, 1.82) is 5.26 Å². The van der Waals surface area contributed by atoms with Crippen LogP contribution in [0, 0.1) is 18.3 Å². The molecule has 0 aliphatic heterocycles. The molecule has 1 heterocycles. The first-order chi connectivity index (χ1) is 22.8. The van der Waals surface area contributed by atoms with E-state index in [4.69, 9.17) is 9.47 Å². The van der Waals surface area contributed by atoms with Crippen molar-refractivity contribution in [2.75, 3.05) is 11.4 Å². The molecule has 10 heteroatoms. The molecule has 0 atom stereocenters. The van der Waals surface area contributed by atoms with Gasteiger partial charge in [0.05, 0.1) is 37.5 Å².